The van der Waals surface area contributed by atoms with Gasteiger partial charge >= 0.3 is 0 Å². The van der Waals surface area contributed by atoms with E-state index in [1.165, 1.54) is 0 Å². The Labute approximate surface area is 81.4 Å². The first-order valence-corrected chi connectivity index (χ1v) is 5.12. The summed E-state index contributed by atoms with van der Waals surface area (Å²) in [7, 11) is 0. The van der Waals surface area contributed by atoms with E-state index in [2.05, 4.69) is 32.2 Å². The molecule has 1 atom stereocenters. The van der Waals surface area contributed by atoms with Gasteiger partial charge in [-0.05, 0) is 12.3 Å². The third kappa shape index (κ3) is 7.57. The summed E-state index contributed by atoms with van der Waals surface area (Å²) >= 11 is 0. The lowest BCUT2D eigenvalue weighted by Crippen LogP contribution is -2.24. The predicted molar refractivity (Wildman–Crippen MR) is 56.5 cm³/mol. The molecule has 0 spiro atoms. The van der Waals surface area contributed by atoms with Crippen molar-refractivity contribution >= 4 is 5.91 Å². The minimum absolute atomic E-state index is 0.162. The number of nitrogens with one attached hydrogen (secondary N) is 1. The smallest absolute Gasteiger partial charge is 0.220 e. The van der Waals surface area contributed by atoms with Gasteiger partial charge in [-0.25, -0.2) is 0 Å². The normalized spacial score (nSPS) is 13.2. The Kier molecular flexibility index (Phi) is 7.36. The molecule has 0 radical (unpaired) electrons. The van der Waals surface area contributed by atoms with Gasteiger partial charge in [-0.1, -0.05) is 39.3 Å². The average Bonchev–Trinajstić information content (AvgIpc) is 2.12. The topological polar surface area (TPSA) is 29.1 Å². The third-order valence-corrected chi connectivity index (χ3v) is 2.05. The van der Waals surface area contributed by atoms with E-state index in [9.17, 15) is 4.79 Å². The van der Waals surface area contributed by atoms with Crippen molar-refractivity contribution in [3.63, 3.8) is 0 Å². The molecule has 0 aliphatic rings. The minimum atomic E-state index is 0.162. The fraction of sp³-hybridized carbons (Fsp3) is 0.727. The molecule has 76 valence electrons. The molecule has 13 heavy (non-hydrogen) atoms. The summed E-state index contributed by atoms with van der Waals surface area (Å²) in [5.74, 6) is 0.658. The van der Waals surface area contributed by atoms with E-state index in [4.69, 9.17) is 0 Å². The van der Waals surface area contributed by atoms with E-state index >= 15 is 0 Å². The maximum Gasteiger partial charge on any atom is 0.220 e. The summed E-state index contributed by atoms with van der Waals surface area (Å²) in [5.41, 5.74) is 0. The van der Waals surface area contributed by atoms with Crippen LogP contribution in [-0.4, -0.2) is 12.5 Å². The van der Waals surface area contributed by atoms with Crippen LogP contribution < -0.4 is 5.32 Å². The van der Waals surface area contributed by atoms with E-state index in [1.54, 1.807) is 0 Å². The SMILES string of the molecule is CC/C=C/CNC(=O)CC(C)CC. The molecule has 2 heteroatoms. The van der Waals surface area contributed by atoms with E-state index in [-0.39, 0.29) is 5.91 Å². The fourth-order valence-electron chi connectivity index (χ4n) is 0.956. The van der Waals surface area contributed by atoms with Gasteiger partial charge in [-0.2, -0.15) is 0 Å². The largest absolute Gasteiger partial charge is 0.353 e. The van der Waals surface area contributed by atoms with Gasteiger partial charge in [0.1, 0.15) is 0 Å². The lowest BCUT2D eigenvalue weighted by atomic mass is 10.1. The van der Waals surface area contributed by atoms with Crippen molar-refractivity contribution in [1.29, 1.82) is 0 Å². The number of carbonyl (C=O) groups excluding carboxylic acids is 1. The minimum Gasteiger partial charge on any atom is -0.353 e. The van der Waals surface area contributed by atoms with Gasteiger partial charge in [0.15, 0.2) is 0 Å². The lowest BCUT2D eigenvalue weighted by Gasteiger charge is -2.07. The van der Waals surface area contributed by atoms with Crippen LogP contribution in [0.2, 0.25) is 0 Å². The van der Waals surface area contributed by atoms with Crippen LogP contribution in [0.3, 0.4) is 0 Å². The van der Waals surface area contributed by atoms with Crippen LogP contribution in [0.4, 0.5) is 0 Å². The number of amides is 1. The second-order valence-electron chi connectivity index (χ2n) is 3.40. The van der Waals surface area contributed by atoms with E-state index < -0.39 is 0 Å². The quantitative estimate of drug-likeness (QED) is 0.630. The zero-order chi connectivity index (χ0) is 10.1. The van der Waals surface area contributed by atoms with Gasteiger partial charge in [0.25, 0.3) is 0 Å². The van der Waals surface area contributed by atoms with Crippen LogP contribution in [0.15, 0.2) is 12.2 Å². The molecule has 0 aliphatic heterocycles. The first-order valence-electron chi connectivity index (χ1n) is 5.12. The summed E-state index contributed by atoms with van der Waals surface area (Å²) in [5, 5.41) is 2.86. The Balaban J connectivity index is 3.46. The molecule has 2 nitrogen and oxygen atoms in total. The van der Waals surface area contributed by atoms with Crippen molar-refractivity contribution in [3.05, 3.63) is 12.2 Å². The van der Waals surface area contributed by atoms with Crippen molar-refractivity contribution < 1.29 is 4.79 Å². The molecule has 0 aromatic rings. The molecule has 0 aromatic carbocycles. The molecule has 0 bridgehead atoms. The molecular weight excluding hydrogens is 162 g/mol. The molecule has 0 saturated carbocycles. The summed E-state index contributed by atoms with van der Waals surface area (Å²) in [6.45, 7) is 6.96. The van der Waals surface area contributed by atoms with Gasteiger partial charge in [0.2, 0.25) is 5.91 Å². The highest BCUT2D eigenvalue weighted by Crippen LogP contribution is 2.05. The fourth-order valence-corrected chi connectivity index (χ4v) is 0.956. The summed E-state index contributed by atoms with van der Waals surface area (Å²) in [6.07, 6.45) is 6.80. The van der Waals surface area contributed by atoms with Crippen molar-refractivity contribution in [1.82, 2.24) is 5.32 Å². The molecule has 0 fully saturated rings. The Bertz CT molecular complexity index is 163. The van der Waals surface area contributed by atoms with E-state index in [1.807, 2.05) is 6.08 Å². The highest BCUT2D eigenvalue weighted by Gasteiger charge is 2.04. The van der Waals surface area contributed by atoms with Gasteiger partial charge in [0.05, 0.1) is 0 Å². The van der Waals surface area contributed by atoms with Crippen molar-refractivity contribution in [2.75, 3.05) is 6.54 Å². The molecule has 0 heterocycles. The Morgan fingerprint density at radius 2 is 2.08 bits per heavy atom. The molecule has 0 saturated heterocycles. The van der Waals surface area contributed by atoms with Gasteiger partial charge in [0, 0.05) is 13.0 Å². The first kappa shape index (κ1) is 12.2. The standard InChI is InChI=1S/C11H21NO/c1-4-6-7-8-12-11(13)9-10(3)5-2/h6-7,10H,4-5,8-9H2,1-3H3,(H,12,13)/b7-6+. The highest BCUT2D eigenvalue weighted by molar-refractivity contribution is 5.76. The molecule has 0 aromatic heterocycles. The number of hydrogen-bond acceptors (Lipinski definition) is 1. The zero-order valence-electron chi connectivity index (χ0n) is 8.97. The molecule has 1 unspecified atom stereocenters. The molecule has 0 rings (SSSR count). The van der Waals surface area contributed by atoms with Crippen LogP contribution in [0.5, 0.6) is 0 Å². The van der Waals surface area contributed by atoms with Crippen molar-refractivity contribution in [2.24, 2.45) is 5.92 Å². The van der Waals surface area contributed by atoms with Crippen LogP contribution in [0.1, 0.15) is 40.0 Å². The Morgan fingerprint density at radius 3 is 2.62 bits per heavy atom. The second-order valence-corrected chi connectivity index (χ2v) is 3.40. The summed E-state index contributed by atoms with van der Waals surface area (Å²) in [6, 6.07) is 0. The van der Waals surface area contributed by atoms with E-state index in [0.717, 1.165) is 12.8 Å². The van der Waals surface area contributed by atoms with Crippen LogP contribution in [-0.2, 0) is 4.79 Å². The van der Waals surface area contributed by atoms with Crippen molar-refractivity contribution in [2.45, 2.75) is 40.0 Å². The lowest BCUT2D eigenvalue weighted by molar-refractivity contribution is -0.121. The summed E-state index contributed by atoms with van der Waals surface area (Å²) < 4.78 is 0. The maximum absolute atomic E-state index is 11.2. The number of allylic oxidation sites excluding steroid dienone is 1. The monoisotopic (exact) mass is 183 g/mol. The van der Waals surface area contributed by atoms with Crippen molar-refractivity contribution in [3.8, 4) is 0 Å². The van der Waals surface area contributed by atoms with Gasteiger partial charge in [-0.15, -0.1) is 0 Å². The Morgan fingerprint density at radius 1 is 1.38 bits per heavy atom. The molecule has 1 N–H and O–H groups in total. The predicted octanol–water partition coefficient (Wildman–Crippen LogP) is 2.51. The van der Waals surface area contributed by atoms with Crippen LogP contribution >= 0.6 is 0 Å². The highest BCUT2D eigenvalue weighted by atomic mass is 16.1. The van der Waals surface area contributed by atoms with Gasteiger partial charge < -0.3 is 5.32 Å². The Hall–Kier alpha value is -0.790. The molecule has 1 amide bonds. The second kappa shape index (κ2) is 7.84. The van der Waals surface area contributed by atoms with E-state index in [0.29, 0.717) is 18.9 Å². The average molecular weight is 183 g/mol. The third-order valence-electron chi connectivity index (χ3n) is 2.05. The first-order chi connectivity index (χ1) is 6.20. The molecule has 0 aliphatic carbocycles. The van der Waals surface area contributed by atoms with Crippen LogP contribution in [0, 0.1) is 5.92 Å². The van der Waals surface area contributed by atoms with Gasteiger partial charge in [-0.3, -0.25) is 4.79 Å². The van der Waals surface area contributed by atoms with Crippen LogP contribution in [0.25, 0.3) is 0 Å². The molecular formula is C11H21NO. The number of carbonyl (C=O) groups is 1. The zero-order valence-corrected chi connectivity index (χ0v) is 8.97. The number of rotatable bonds is 6. The summed E-state index contributed by atoms with van der Waals surface area (Å²) in [4.78, 5) is 11.2. The maximum atomic E-state index is 11.2. The number of hydrogen-bond donors (Lipinski definition) is 1.